The van der Waals surface area contributed by atoms with Crippen molar-refractivity contribution in [3.8, 4) is 0 Å². The molecule has 1 aromatic heterocycles. The Morgan fingerprint density at radius 3 is 3.14 bits per heavy atom. The molecule has 0 atom stereocenters. The van der Waals surface area contributed by atoms with Crippen molar-refractivity contribution in [2.24, 2.45) is 16.8 Å². The Hall–Kier alpha value is -1.52. The van der Waals surface area contributed by atoms with E-state index in [1.807, 2.05) is 10.8 Å². The molecule has 3 N–H and O–H groups in total. The molecule has 0 amide bonds. The van der Waals surface area contributed by atoms with Gasteiger partial charge >= 0.3 is 0 Å². The summed E-state index contributed by atoms with van der Waals surface area (Å²) in [4.78, 5) is 4.03. The van der Waals surface area contributed by atoms with Gasteiger partial charge in [-0.25, -0.2) is 4.98 Å². The Bertz CT molecular complexity index is 340. The van der Waals surface area contributed by atoms with Crippen LogP contribution in [0.15, 0.2) is 17.5 Å². The maximum atomic E-state index is 8.53. The summed E-state index contributed by atoms with van der Waals surface area (Å²) in [5.74, 6) is 1.50. The van der Waals surface area contributed by atoms with Gasteiger partial charge in [0.15, 0.2) is 5.82 Å². The third-order valence-electron chi connectivity index (χ3n) is 2.53. The van der Waals surface area contributed by atoms with E-state index in [1.165, 1.54) is 12.8 Å². The molecular formula is C9H14N4O. The monoisotopic (exact) mass is 194 g/mol. The molecule has 0 bridgehead atoms. The second kappa shape index (κ2) is 3.69. The molecule has 1 fully saturated rings. The number of nitrogens with zero attached hydrogens (tertiary/aromatic N) is 3. The van der Waals surface area contributed by atoms with Gasteiger partial charge in [-0.05, 0) is 12.3 Å². The number of hydrogen-bond donors (Lipinski definition) is 2. The first-order chi connectivity index (χ1) is 6.81. The molecule has 0 unspecified atom stereocenters. The van der Waals surface area contributed by atoms with Gasteiger partial charge in [0.25, 0.3) is 0 Å². The largest absolute Gasteiger partial charge is 0.409 e. The fraction of sp³-hybridized carbons (Fsp3) is 0.556. The van der Waals surface area contributed by atoms with Gasteiger partial charge in [-0.15, -0.1) is 0 Å². The Morgan fingerprint density at radius 1 is 1.71 bits per heavy atom. The molecule has 2 rings (SSSR count). The minimum atomic E-state index is 0.0748. The van der Waals surface area contributed by atoms with E-state index in [0.717, 1.165) is 18.9 Å². The lowest BCUT2D eigenvalue weighted by Crippen LogP contribution is -2.19. The minimum absolute atomic E-state index is 0.0748. The molecule has 0 aromatic carbocycles. The van der Waals surface area contributed by atoms with Crippen LogP contribution in [-0.4, -0.2) is 20.6 Å². The molecule has 1 aromatic rings. The van der Waals surface area contributed by atoms with Crippen LogP contribution in [0.4, 0.5) is 0 Å². The molecule has 1 aliphatic rings. The first kappa shape index (κ1) is 9.05. The zero-order chi connectivity index (χ0) is 9.97. The topological polar surface area (TPSA) is 76.4 Å². The van der Waals surface area contributed by atoms with Gasteiger partial charge in [0.2, 0.25) is 5.84 Å². The van der Waals surface area contributed by atoms with Gasteiger partial charge in [-0.3, -0.25) is 0 Å². The van der Waals surface area contributed by atoms with Crippen LogP contribution in [0.3, 0.4) is 0 Å². The zero-order valence-electron chi connectivity index (χ0n) is 7.93. The van der Waals surface area contributed by atoms with E-state index in [4.69, 9.17) is 10.9 Å². The second-order valence-electron chi connectivity index (χ2n) is 3.66. The standard InChI is InChI=1S/C9H14N4O/c10-8(12-14)9-11-4-6-13(9)5-3-7-1-2-7/h4,6-7,14H,1-3,5H2,(H2,10,12). The number of imidazole rings is 1. The van der Waals surface area contributed by atoms with E-state index in [-0.39, 0.29) is 5.84 Å². The third kappa shape index (κ3) is 1.86. The van der Waals surface area contributed by atoms with Crippen LogP contribution in [0.1, 0.15) is 25.1 Å². The first-order valence-electron chi connectivity index (χ1n) is 4.80. The van der Waals surface area contributed by atoms with Crippen molar-refractivity contribution in [2.45, 2.75) is 25.8 Å². The first-order valence-corrected chi connectivity index (χ1v) is 4.80. The van der Waals surface area contributed by atoms with E-state index in [1.54, 1.807) is 6.20 Å². The van der Waals surface area contributed by atoms with Gasteiger partial charge < -0.3 is 15.5 Å². The summed E-state index contributed by atoms with van der Waals surface area (Å²) in [5, 5.41) is 11.5. The van der Waals surface area contributed by atoms with Crippen LogP contribution >= 0.6 is 0 Å². The lowest BCUT2D eigenvalue weighted by atomic mass is 10.3. The highest BCUT2D eigenvalue weighted by molar-refractivity contribution is 5.93. The lowest BCUT2D eigenvalue weighted by molar-refractivity contribution is 0.318. The quantitative estimate of drug-likeness (QED) is 0.322. The lowest BCUT2D eigenvalue weighted by Gasteiger charge is -2.05. The molecule has 5 heteroatoms. The predicted molar refractivity (Wildman–Crippen MR) is 52.1 cm³/mol. The Kier molecular flexibility index (Phi) is 2.39. The highest BCUT2D eigenvalue weighted by atomic mass is 16.4. The SMILES string of the molecule is NC(=NO)c1nccn1CCC1CC1. The molecule has 0 aliphatic heterocycles. The van der Waals surface area contributed by atoms with Gasteiger partial charge in [0, 0.05) is 18.9 Å². The van der Waals surface area contributed by atoms with Crippen LogP contribution in [-0.2, 0) is 6.54 Å². The average Bonchev–Trinajstić information content (AvgIpc) is 2.92. The van der Waals surface area contributed by atoms with Crippen molar-refractivity contribution < 1.29 is 5.21 Å². The van der Waals surface area contributed by atoms with Crippen LogP contribution in [0.5, 0.6) is 0 Å². The van der Waals surface area contributed by atoms with Gasteiger partial charge in [-0.1, -0.05) is 18.0 Å². The van der Waals surface area contributed by atoms with Crippen molar-refractivity contribution >= 4 is 5.84 Å². The second-order valence-corrected chi connectivity index (χ2v) is 3.66. The number of amidine groups is 1. The molecule has 5 nitrogen and oxygen atoms in total. The third-order valence-corrected chi connectivity index (χ3v) is 2.53. The van der Waals surface area contributed by atoms with Crippen LogP contribution in [0.2, 0.25) is 0 Å². The number of aryl methyl sites for hydroxylation is 1. The van der Waals surface area contributed by atoms with Crippen LogP contribution < -0.4 is 5.73 Å². The van der Waals surface area contributed by atoms with Gasteiger partial charge in [0.1, 0.15) is 0 Å². The summed E-state index contributed by atoms with van der Waals surface area (Å²) >= 11 is 0. The van der Waals surface area contributed by atoms with Crippen molar-refractivity contribution in [3.63, 3.8) is 0 Å². The van der Waals surface area contributed by atoms with Gasteiger partial charge in [-0.2, -0.15) is 0 Å². The molecular weight excluding hydrogens is 180 g/mol. The number of aromatic nitrogens is 2. The van der Waals surface area contributed by atoms with Gasteiger partial charge in [0.05, 0.1) is 0 Å². The van der Waals surface area contributed by atoms with Crippen molar-refractivity contribution in [3.05, 3.63) is 18.2 Å². The van der Waals surface area contributed by atoms with Crippen LogP contribution in [0.25, 0.3) is 0 Å². The van der Waals surface area contributed by atoms with E-state index in [0.29, 0.717) is 5.82 Å². The number of oxime groups is 1. The Balaban J connectivity index is 2.04. The number of rotatable bonds is 4. The molecule has 76 valence electrons. The summed E-state index contributed by atoms with van der Waals surface area (Å²) in [7, 11) is 0. The fourth-order valence-electron chi connectivity index (χ4n) is 1.50. The van der Waals surface area contributed by atoms with Crippen molar-refractivity contribution in [1.82, 2.24) is 9.55 Å². The maximum absolute atomic E-state index is 8.53. The molecule has 14 heavy (non-hydrogen) atoms. The van der Waals surface area contributed by atoms with Crippen molar-refractivity contribution in [1.29, 1.82) is 0 Å². The number of hydrogen-bond acceptors (Lipinski definition) is 3. The maximum Gasteiger partial charge on any atom is 0.206 e. The number of nitrogens with two attached hydrogens (primary N) is 1. The summed E-state index contributed by atoms with van der Waals surface area (Å²) in [5.41, 5.74) is 5.48. The zero-order valence-corrected chi connectivity index (χ0v) is 7.93. The van der Waals surface area contributed by atoms with Crippen molar-refractivity contribution in [2.75, 3.05) is 0 Å². The summed E-state index contributed by atoms with van der Waals surface area (Å²) in [6.07, 6.45) is 7.36. The molecule has 0 saturated heterocycles. The summed E-state index contributed by atoms with van der Waals surface area (Å²) in [6.45, 7) is 0.899. The smallest absolute Gasteiger partial charge is 0.206 e. The molecule has 1 aliphatic carbocycles. The van der Waals surface area contributed by atoms with Crippen LogP contribution in [0, 0.1) is 5.92 Å². The highest BCUT2D eigenvalue weighted by Gasteiger charge is 2.21. The summed E-state index contributed by atoms with van der Waals surface area (Å²) in [6, 6.07) is 0. The van der Waals surface area contributed by atoms with E-state index in [9.17, 15) is 0 Å². The Labute approximate surface area is 82.2 Å². The molecule has 0 spiro atoms. The predicted octanol–water partition coefficient (Wildman–Crippen LogP) is 0.778. The Morgan fingerprint density at radius 2 is 2.50 bits per heavy atom. The normalized spacial score (nSPS) is 17.3. The van der Waals surface area contributed by atoms with E-state index in [2.05, 4.69) is 10.1 Å². The average molecular weight is 194 g/mol. The fourth-order valence-corrected chi connectivity index (χ4v) is 1.50. The highest BCUT2D eigenvalue weighted by Crippen LogP contribution is 2.32. The van der Waals surface area contributed by atoms with E-state index >= 15 is 0 Å². The molecule has 1 heterocycles. The molecule has 0 radical (unpaired) electrons. The van der Waals surface area contributed by atoms with E-state index < -0.39 is 0 Å². The molecule has 1 saturated carbocycles. The summed E-state index contributed by atoms with van der Waals surface area (Å²) < 4.78 is 1.92. The minimum Gasteiger partial charge on any atom is -0.409 e.